The fourth-order valence-electron chi connectivity index (χ4n) is 5.51. The van der Waals surface area contributed by atoms with E-state index in [1.807, 2.05) is 20.8 Å². The number of aliphatic hydroxyl groups is 3. The zero-order valence-electron chi connectivity index (χ0n) is 44.4. The second-order valence-corrected chi connectivity index (χ2v) is 16.3. The third kappa shape index (κ3) is 41.2. The molecule has 0 aromatic carbocycles. The number of hydrogen-bond donors (Lipinski definition) is 6. The van der Waals surface area contributed by atoms with E-state index in [0.29, 0.717) is 78.8 Å². The second-order valence-electron chi connectivity index (χ2n) is 16.3. The minimum Gasteiger partial charge on any atom is -0.513 e. The molecule has 0 radical (unpaired) electrons. The molecule has 7 N–H and O–H groups in total. The van der Waals surface area contributed by atoms with Gasteiger partial charge in [0, 0.05) is 33.6 Å². The van der Waals surface area contributed by atoms with Crippen LogP contribution in [0.4, 0.5) is 22.0 Å². The number of esters is 1. The van der Waals surface area contributed by atoms with Gasteiger partial charge in [0.05, 0.1) is 116 Å². The van der Waals surface area contributed by atoms with Gasteiger partial charge in [-0.1, -0.05) is 72.3 Å². The standard InChI is InChI=1S/C38H66F5N5O12.C5H10O.C4H10.CH4O/c1-5-8-35(34(45-29(3)49)25-31(50)6-2)58-12-7-9-30-28-48(44,46-30)60-47(4)11-14-53-16-18-55-20-22-57-24-23-56-21-19-54-17-15-52-13-10-36(51)59-38(33(42)27-40)37(43)32(41)26-39;1-4(2)5(3)6;1-3-4-2;1-2/h26-27,30-31,34-35,46,50H,5-25,28,44H2,1-4H3;4,6H,3H2,1-2H3;3-4H2,1-2H3;2H,1H3/p+1/b32-26-,33-27-,38-37-;;;/t30?,31-,34?,35+,48?;;;/m0.../s1. The summed E-state index contributed by atoms with van der Waals surface area (Å²) in [5.74, 6) is -2.81. The van der Waals surface area contributed by atoms with Gasteiger partial charge in [0.25, 0.3) is 0 Å². The molecular weight excluding hydrogens is 966 g/mol. The van der Waals surface area contributed by atoms with Gasteiger partial charge < -0.3 is 58.5 Å². The lowest BCUT2D eigenvalue weighted by atomic mass is 9.98. The fraction of sp³-hybridized carbons (Fsp3) is 0.792. The van der Waals surface area contributed by atoms with Crippen LogP contribution < -0.4 is 16.6 Å². The first-order chi connectivity index (χ1) is 34.3. The van der Waals surface area contributed by atoms with Gasteiger partial charge in [0.2, 0.25) is 17.5 Å². The third-order valence-electron chi connectivity index (χ3n) is 9.68. The molecular formula is C48H91F5N5O14+. The van der Waals surface area contributed by atoms with E-state index in [2.05, 4.69) is 42.8 Å². The van der Waals surface area contributed by atoms with Gasteiger partial charge in [0.15, 0.2) is 18.2 Å². The van der Waals surface area contributed by atoms with Crippen molar-refractivity contribution in [2.45, 2.75) is 131 Å². The van der Waals surface area contributed by atoms with Crippen molar-refractivity contribution in [3.05, 3.63) is 48.2 Å². The van der Waals surface area contributed by atoms with E-state index in [-0.39, 0.29) is 73.7 Å². The maximum atomic E-state index is 13.6. The maximum Gasteiger partial charge on any atom is 0.313 e. The Bertz CT molecular complexity index is 1450. The highest BCUT2D eigenvalue weighted by atomic mass is 19.2. The number of quaternary nitrogens is 1. The zero-order valence-corrected chi connectivity index (χ0v) is 44.4. The van der Waals surface area contributed by atoms with Gasteiger partial charge in [-0.2, -0.15) is 4.39 Å². The highest BCUT2D eigenvalue weighted by Gasteiger charge is 2.45. The van der Waals surface area contributed by atoms with E-state index >= 15 is 0 Å². The summed E-state index contributed by atoms with van der Waals surface area (Å²) < 4.78 is 107. The van der Waals surface area contributed by atoms with Crippen molar-refractivity contribution in [3.63, 3.8) is 0 Å². The number of likely N-dealkylation sites (N-methyl/N-ethyl adjacent to an activating group) is 1. The Kier molecular flexibility index (Phi) is 49.4. The second kappa shape index (κ2) is 48.7. The molecule has 72 heavy (non-hydrogen) atoms. The minimum absolute atomic E-state index is 0.0620. The summed E-state index contributed by atoms with van der Waals surface area (Å²) in [6, 6.07) is -0.0620. The number of aliphatic hydroxyl groups excluding tert-OH is 3. The molecule has 0 spiro atoms. The van der Waals surface area contributed by atoms with E-state index in [1.54, 1.807) is 12.1 Å². The number of nitrogens with one attached hydrogen (secondary N) is 2. The Morgan fingerprint density at radius 3 is 1.68 bits per heavy atom. The van der Waals surface area contributed by atoms with E-state index in [1.165, 1.54) is 19.8 Å². The number of rotatable bonds is 40. The van der Waals surface area contributed by atoms with Crippen molar-refractivity contribution in [1.29, 1.82) is 0 Å². The maximum absolute atomic E-state index is 13.6. The number of nitrogens with two attached hydrogens (primary N) is 1. The summed E-state index contributed by atoms with van der Waals surface area (Å²) in [4.78, 5) is 29.0. The molecule has 24 heteroatoms. The van der Waals surface area contributed by atoms with Crippen molar-refractivity contribution in [1.82, 2.24) is 15.8 Å². The van der Waals surface area contributed by atoms with Crippen molar-refractivity contribution in [2.24, 2.45) is 11.8 Å². The van der Waals surface area contributed by atoms with Gasteiger partial charge in [-0.25, -0.2) is 17.6 Å². The largest absolute Gasteiger partial charge is 0.513 e. The average Bonchev–Trinajstić information content (AvgIpc) is 3.34. The molecule has 3 unspecified atom stereocenters. The Morgan fingerprint density at radius 2 is 1.28 bits per heavy atom. The van der Waals surface area contributed by atoms with Gasteiger partial charge >= 0.3 is 5.97 Å². The number of carbonyl (C=O) groups is 2. The zero-order chi connectivity index (χ0) is 55.2. The lowest BCUT2D eigenvalue weighted by Crippen LogP contribution is -2.80. The summed E-state index contributed by atoms with van der Waals surface area (Å²) in [7, 11) is 2.77. The molecule has 1 aliphatic heterocycles. The van der Waals surface area contributed by atoms with Crippen LogP contribution in [0.25, 0.3) is 0 Å². The van der Waals surface area contributed by atoms with Crippen molar-refractivity contribution in [3.8, 4) is 0 Å². The predicted molar refractivity (Wildman–Crippen MR) is 262 cm³/mol. The first-order valence-corrected chi connectivity index (χ1v) is 24.6. The van der Waals surface area contributed by atoms with Crippen molar-refractivity contribution in [2.75, 3.05) is 113 Å². The van der Waals surface area contributed by atoms with Crippen LogP contribution in [0, 0.1) is 5.92 Å². The lowest BCUT2D eigenvalue weighted by molar-refractivity contribution is -1.20. The van der Waals surface area contributed by atoms with Crippen molar-refractivity contribution < 1.29 is 94.6 Å². The van der Waals surface area contributed by atoms with Crippen LogP contribution in [-0.4, -0.2) is 175 Å². The van der Waals surface area contributed by atoms with E-state index in [0.717, 1.165) is 32.8 Å². The first-order valence-electron chi connectivity index (χ1n) is 24.6. The normalized spacial score (nSPS) is 17.2. The Hall–Kier alpha value is -3.21. The molecule has 1 fully saturated rings. The minimum atomic E-state index is -2.22. The van der Waals surface area contributed by atoms with Gasteiger partial charge in [-0.15, -0.1) is 16.3 Å². The molecule has 0 aromatic heterocycles. The number of halogens is 5. The molecule has 0 bridgehead atoms. The van der Waals surface area contributed by atoms with Gasteiger partial charge in [-0.05, 0) is 37.0 Å². The average molecular weight is 1060 g/mol. The van der Waals surface area contributed by atoms with Crippen LogP contribution in [0.15, 0.2) is 48.2 Å². The number of amides is 1. The van der Waals surface area contributed by atoms with Crippen molar-refractivity contribution >= 4 is 11.9 Å². The van der Waals surface area contributed by atoms with Gasteiger partial charge in [-0.3, -0.25) is 9.59 Å². The predicted octanol–water partition coefficient (Wildman–Crippen LogP) is 6.88. The quantitative estimate of drug-likeness (QED) is 0.00537. The summed E-state index contributed by atoms with van der Waals surface area (Å²) in [6.07, 6.45) is 4.28. The summed E-state index contributed by atoms with van der Waals surface area (Å²) in [6.45, 7) is 21.7. The van der Waals surface area contributed by atoms with Crippen LogP contribution in [0.3, 0.4) is 0 Å². The summed E-state index contributed by atoms with van der Waals surface area (Å²) in [5.41, 5.74) is 3.23. The molecule has 1 heterocycles. The number of ether oxygens (including phenoxy) is 8. The number of carbonyl (C=O) groups excluding carboxylic acids is 2. The molecule has 1 aliphatic rings. The van der Waals surface area contributed by atoms with E-state index in [9.17, 15) is 36.6 Å². The third-order valence-corrected chi connectivity index (χ3v) is 9.68. The lowest BCUT2D eigenvalue weighted by Gasteiger charge is -2.43. The molecule has 0 aliphatic carbocycles. The first kappa shape index (κ1) is 73.0. The molecule has 426 valence electrons. The number of hydrogen-bond acceptors (Lipinski definition) is 17. The topological polar surface area (TPSA) is 231 Å². The smallest absolute Gasteiger partial charge is 0.313 e. The van der Waals surface area contributed by atoms with Crippen LogP contribution >= 0.6 is 0 Å². The Morgan fingerprint density at radius 1 is 0.819 bits per heavy atom. The van der Waals surface area contributed by atoms with E-state index < -0.39 is 54.4 Å². The number of allylic oxidation sites excluding steroid dienone is 4. The molecule has 0 saturated carbocycles. The number of nitrogens with zero attached hydrogens (tertiary/aromatic N) is 2. The summed E-state index contributed by atoms with van der Waals surface area (Å²) in [5, 5.41) is 30.2. The fourth-order valence-corrected chi connectivity index (χ4v) is 5.51. The number of hydroxylamine groups is 3. The number of unbranched alkanes of at least 4 members (excludes halogenated alkanes) is 1. The Labute approximate surface area is 425 Å². The molecule has 1 saturated heterocycles. The molecule has 1 amide bonds. The van der Waals surface area contributed by atoms with Crippen LogP contribution in [0.2, 0.25) is 0 Å². The van der Waals surface area contributed by atoms with Crippen LogP contribution in [0.1, 0.15) is 106 Å². The monoisotopic (exact) mass is 1060 g/mol. The highest BCUT2D eigenvalue weighted by Crippen LogP contribution is 2.26. The molecule has 0 aromatic rings. The SMILES string of the molecule is C=C(O)C(C)C.CCCC.CCC[C@@H](OCCCC1C[N+](N)(ON(C)CCOCCOCCOCCOCCOCCOCCC(=O)OC(/C(F)=C/F)=C(F)/C(F)=C/F)N1)C(C[C@@H](O)CC)NC(C)=O.CO. The molecule has 1 rings (SSSR count). The van der Waals surface area contributed by atoms with E-state index in [4.69, 9.17) is 54.2 Å². The van der Waals surface area contributed by atoms with Gasteiger partial charge in [0.1, 0.15) is 18.7 Å². The summed E-state index contributed by atoms with van der Waals surface area (Å²) >= 11 is 0. The van der Waals surface area contributed by atoms with Crippen LogP contribution in [0.5, 0.6) is 0 Å². The Balaban J connectivity index is -0.00000354. The highest BCUT2D eigenvalue weighted by molar-refractivity contribution is 5.73. The molecule has 19 nitrogen and oxygen atoms in total. The molecule has 5 atom stereocenters. The van der Waals surface area contributed by atoms with Crippen LogP contribution in [-0.2, 0) is 52.4 Å².